The number of nitrogens with one attached hydrogen (secondary N) is 1. The molecule has 0 aliphatic carbocycles. The van der Waals surface area contributed by atoms with Crippen LogP contribution in [0.3, 0.4) is 0 Å². The van der Waals surface area contributed by atoms with Crippen molar-refractivity contribution in [3.63, 3.8) is 0 Å². The number of esters is 1. The standard InChI is InChI=1S/C21H26N2O3/c1-4-26-20(25)15-23(13-18-11-6-5-7-12-18)14-19(24)22-21-16(2)9-8-10-17(21)3/h5-12H,4,13-15H2,1-3H3,(H,22,24). The summed E-state index contributed by atoms with van der Waals surface area (Å²) in [5.74, 6) is -0.481. The van der Waals surface area contributed by atoms with E-state index in [1.807, 2.05) is 62.4 Å². The number of amides is 1. The summed E-state index contributed by atoms with van der Waals surface area (Å²) in [6.45, 7) is 6.70. The van der Waals surface area contributed by atoms with Crippen LogP contribution < -0.4 is 5.32 Å². The van der Waals surface area contributed by atoms with E-state index >= 15 is 0 Å². The lowest BCUT2D eigenvalue weighted by molar-refractivity contribution is -0.144. The number of carbonyl (C=O) groups is 2. The average molecular weight is 354 g/mol. The number of para-hydroxylation sites is 1. The van der Waals surface area contributed by atoms with Crippen LogP contribution in [0.15, 0.2) is 48.5 Å². The molecule has 0 aliphatic rings. The van der Waals surface area contributed by atoms with Crippen LogP contribution in [0.2, 0.25) is 0 Å². The first-order valence-electron chi connectivity index (χ1n) is 8.77. The van der Waals surface area contributed by atoms with Crippen molar-refractivity contribution in [2.45, 2.75) is 27.3 Å². The van der Waals surface area contributed by atoms with E-state index in [4.69, 9.17) is 4.74 Å². The van der Waals surface area contributed by atoms with E-state index in [0.29, 0.717) is 13.2 Å². The van der Waals surface area contributed by atoms with E-state index in [0.717, 1.165) is 22.4 Å². The zero-order valence-electron chi connectivity index (χ0n) is 15.6. The van der Waals surface area contributed by atoms with E-state index in [1.54, 1.807) is 11.8 Å². The first kappa shape index (κ1) is 19.7. The van der Waals surface area contributed by atoms with Crippen molar-refractivity contribution in [3.05, 3.63) is 65.2 Å². The third kappa shape index (κ3) is 6.01. The molecule has 2 aromatic rings. The Hall–Kier alpha value is -2.66. The first-order valence-corrected chi connectivity index (χ1v) is 8.77. The van der Waals surface area contributed by atoms with Gasteiger partial charge < -0.3 is 10.1 Å². The van der Waals surface area contributed by atoms with Crippen LogP contribution in [-0.2, 0) is 20.9 Å². The minimum absolute atomic E-state index is 0.0723. The minimum Gasteiger partial charge on any atom is -0.465 e. The van der Waals surface area contributed by atoms with Gasteiger partial charge in [0.2, 0.25) is 5.91 Å². The lowest BCUT2D eigenvalue weighted by atomic mass is 10.1. The fraction of sp³-hybridized carbons (Fsp3) is 0.333. The largest absolute Gasteiger partial charge is 0.465 e. The van der Waals surface area contributed by atoms with Crippen molar-refractivity contribution in [2.24, 2.45) is 0 Å². The molecule has 0 atom stereocenters. The Balaban J connectivity index is 2.06. The quantitative estimate of drug-likeness (QED) is 0.739. The fourth-order valence-corrected chi connectivity index (χ4v) is 2.79. The van der Waals surface area contributed by atoms with Gasteiger partial charge in [0.25, 0.3) is 0 Å². The number of anilines is 1. The van der Waals surface area contributed by atoms with Crippen LogP contribution in [0.5, 0.6) is 0 Å². The monoisotopic (exact) mass is 354 g/mol. The van der Waals surface area contributed by atoms with Crippen LogP contribution >= 0.6 is 0 Å². The van der Waals surface area contributed by atoms with Gasteiger partial charge in [0.15, 0.2) is 0 Å². The van der Waals surface area contributed by atoms with Gasteiger partial charge in [-0.1, -0.05) is 48.5 Å². The summed E-state index contributed by atoms with van der Waals surface area (Å²) < 4.78 is 5.04. The number of nitrogens with zero attached hydrogens (tertiary/aromatic N) is 1. The summed E-state index contributed by atoms with van der Waals surface area (Å²) in [6.07, 6.45) is 0. The number of carbonyl (C=O) groups excluding carboxylic acids is 2. The Morgan fingerprint density at radius 2 is 1.62 bits per heavy atom. The van der Waals surface area contributed by atoms with E-state index in [9.17, 15) is 9.59 Å². The van der Waals surface area contributed by atoms with E-state index in [2.05, 4.69) is 5.32 Å². The molecule has 0 aromatic heterocycles. The first-order chi connectivity index (χ1) is 12.5. The minimum atomic E-state index is -0.330. The van der Waals surface area contributed by atoms with Crippen LogP contribution in [0.1, 0.15) is 23.6 Å². The van der Waals surface area contributed by atoms with E-state index < -0.39 is 0 Å². The Morgan fingerprint density at radius 3 is 2.23 bits per heavy atom. The second kappa shape index (κ2) is 9.73. The second-order valence-corrected chi connectivity index (χ2v) is 6.25. The molecular weight excluding hydrogens is 328 g/mol. The summed E-state index contributed by atoms with van der Waals surface area (Å²) >= 11 is 0. The highest BCUT2D eigenvalue weighted by Crippen LogP contribution is 2.19. The van der Waals surface area contributed by atoms with Gasteiger partial charge in [0.05, 0.1) is 19.7 Å². The van der Waals surface area contributed by atoms with Crippen LogP contribution in [0, 0.1) is 13.8 Å². The van der Waals surface area contributed by atoms with Gasteiger partial charge in [0.1, 0.15) is 0 Å². The molecule has 0 radical (unpaired) electrons. The highest BCUT2D eigenvalue weighted by Gasteiger charge is 2.17. The highest BCUT2D eigenvalue weighted by molar-refractivity contribution is 5.94. The molecule has 0 unspecified atom stereocenters. The van der Waals surface area contributed by atoms with Crippen molar-refractivity contribution in [2.75, 3.05) is 25.0 Å². The molecule has 2 aromatic carbocycles. The molecule has 0 spiro atoms. The van der Waals surface area contributed by atoms with Crippen molar-refractivity contribution < 1.29 is 14.3 Å². The van der Waals surface area contributed by atoms with Crippen molar-refractivity contribution >= 4 is 17.6 Å². The smallest absolute Gasteiger partial charge is 0.320 e. The number of rotatable bonds is 8. The molecule has 2 rings (SSSR count). The van der Waals surface area contributed by atoms with Gasteiger partial charge in [-0.2, -0.15) is 0 Å². The van der Waals surface area contributed by atoms with Gasteiger partial charge >= 0.3 is 5.97 Å². The number of hydrogen-bond donors (Lipinski definition) is 1. The lowest BCUT2D eigenvalue weighted by Gasteiger charge is -2.21. The highest BCUT2D eigenvalue weighted by atomic mass is 16.5. The molecule has 0 fully saturated rings. The molecule has 138 valence electrons. The summed E-state index contributed by atoms with van der Waals surface area (Å²) in [5.41, 5.74) is 3.89. The summed E-state index contributed by atoms with van der Waals surface area (Å²) in [6, 6.07) is 15.6. The molecular formula is C21H26N2O3. The maximum absolute atomic E-state index is 12.6. The van der Waals surface area contributed by atoms with Crippen molar-refractivity contribution in [1.29, 1.82) is 0 Å². The SMILES string of the molecule is CCOC(=O)CN(CC(=O)Nc1c(C)cccc1C)Cc1ccccc1. The summed E-state index contributed by atoms with van der Waals surface area (Å²) in [4.78, 5) is 26.2. The normalized spacial score (nSPS) is 10.6. The molecule has 0 saturated heterocycles. The third-order valence-corrected chi connectivity index (χ3v) is 4.02. The topological polar surface area (TPSA) is 58.6 Å². The maximum atomic E-state index is 12.6. The number of hydrogen-bond acceptors (Lipinski definition) is 4. The molecule has 0 saturated carbocycles. The molecule has 0 aliphatic heterocycles. The molecule has 5 heteroatoms. The van der Waals surface area contributed by atoms with E-state index in [1.165, 1.54) is 0 Å². The Kier molecular flexibility index (Phi) is 7.36. The Labute approximate surface area is 155 Å². The van der Waals surface area contributed by atoms with Crippen LogP contribution in [0.25, 0.3) is 0 Å². The fourth-order valence-electron chi connectivity index (χ4n) is 2.79. The van der Waals surface area contributed by atoms with Crippen LogP contribution in [-0.4, -0.2) is 36.5 Å². The summed E-state index contributed by atoms with van der Waals surface area (Å²) in [5, 5.41) is 2.97. The lowest BCUT2D eigenvalue weighted by Crippen LogP contribution is -2.37. The predicted molar refractivity (Wildman–Crippen MR) is 103 cm³/mol. The molecule has 1 N–H and O–H groups in total. The Morgan fingerprint density at radius 1 is 0.962 bits per heavy atom. The zero-order chi connectivity index (χ0) is 18.9. The molecule has 5 nitrogen and oxygen atoms in total. The molecule has 0 bridgehead atoms. The number of benzene rings is 2. The number of aryl methyl sites for hydroxylation is 2. The van der Waals surface area contributed by atoms with Gasteiger partial charge in [0, 0.05) is 12.2 Å². The summed E-state index contributed by atoms with van der Waals surface area (Å²) in [7, 11) is 0. The van der Waals surface area contributed by atoms with Gasteiger partial charge in [-0.05, 0) is 37.5 Å². The average Bonchev–Trinajstić information content (AvgIpc) is 2.59. The Bertz CT molecular complexity index is 724. The van der Waals surface area contributed by atoms with Crippen LogP contribution in [0.4, 0.5) is 5.69 Å². The second-order valence-electron chi connectivity index (χ2n) is 6.25. The predicted octanol–water partition coefficient (Wildman–Crippen LogP) is 3.31. The van der Waals surface area contributed by atoms with Gasteiger partial charge in [-0.15, -0.1) is 0 Å². The van der Waals surface area contributed by atoms with Crippen molar-refractivity contribution in [1.82, 2.24) is 4.90 Å². The number of ether oxygens (including phenoxy) is 1. The molecule has 0 heterocycles. The maximum Gasteiger partial charge on any atom is 0.320 e. The van der Waals surface area contributed by atoms with Gasteiger partial charge in [-0.25, -0.2) is 0 Å². The molecule has 26 heavy (non-hydrogen) atoms. The molecule has 1 amide bonds. The van der Waals surface area contributed by atoms with E-state index in [-0.39, 0.29) is 25.0 Å². The van der Waals surface area contributed by atoms with Gasteiger partial charge in [-0.3, -0.25) is 14.5 Å². The van der Waals surface area contributed by atoms with Crippen molar-refractivity contribution in [3.8, 4) is 0 Å². The third-order valence-electron chi connectivity index (χ3n) is 4.02. The zero-order valence-corrected chi connectivity index (χ0v) is 15.6.